The van der Waals surface area contributed by atoms with E-state index in [2.05, 4.69) is 44.8 Å². The first kappa shape index (κ1) is 18.8. The zero-order valence-corrected chi connectivity index (χ0v) is 15.9. The molecule has 0 heterocycles. The number of hydrogen-bond acceptors (Lipinski definition) is 2. The Hall–Kier alpha value is -1.22. The van der Waals surface area contributed by atoms with E-state index in [1.165, 1.54) is 32.1 Å². The third-order valence-corrected chi connectivity index (χ3v) is 4.26. The van der Waals surface area contributed by atoms with Crippen LogP contribution in [0.15, 0.2) is 30.3 Å². The lowest BCUT2D eigenvalue weighted by Gasteiger charge is -2.22. The SMILES string of the molecule is CCCCCCC/C=C(\O[Si](C)(C)C)c1ccc(OC)cc1. The van der Waals surface area contributed by atoms with Crippen LogP contribution >= 0.6 is 0 Å². The molecule has 0 aromatic heterocycles. The molecule has 0 aliphatic heterocycles. The molecule has 0 saturated carbocycles. The minimum atomic E-state index is -1.61. The quantitative estimate of drug-likeness (QED) is 0.288. The van der Waals surface area contributed by atoms with Crippen LogP contribution in [0, 0.1) is 0 Å². The molecule has 1 rings (SSSR count). The molecule has 0 fully saturated rings. The first-order valence-electron chi connectivity index (χ1n) is 8.50. The van der Waals surface area contributed by atoms with E-state index in [0.717, 1.165) is 23.5 Å². The van der Waals surface area contributed by atoms with Gasteiger partial charge in [0.1, 0.15) is 11.5 Å². The molecule has 22 heavy (non-hydrogen) atoms. The summed E-state index contributed by atoms with van der Waals surface area (Å²) >= 11 is 0. The van der Waals surface area contributed by atoms with Crippen molar-refractivity contribution < 1.29 is 9.16 Å². The summed E-state index contributed by atoms with van der Waals surface area (Å²) in [5, 5.41) is 0. The van der Waals surface area contributed by atoms with E-state index < -0.39 is 8.32 Å². The summed E-state index contributed by atoms with van der Waals surface area (Å²) in [7, 11) is 0.0894. The highest BCUT2D eigenvalue weighted by Crippen LogP contribution is 2.24. The van der Waals surface area contributed by atoms with Gasteiger partial charge < -0.3 is 9.16 Å². The second kappa shape index (κ2) is 9.72. The maximum Gasteiger partial charge on any atom is 0.242 e. The third-order valence-electron chi connectivity index (χ3n) is 3.43. The second-order valence-corrected chi connectivity index (χ2v) is 11.1. The van der Waals surface area contributed by atoms with Gasteiger partial charge in [0.25, 0.3) is 0 Å². The Morgan fingerprint density at radius 2 is 1.64 bits per heavy atom. The molecule has 0 bridgehead atoms. The van der Waals surface area contributed by atoms with Crippen molar-refractivity contribution >= 4 is 14.1 Å². The van der Waals surface area contributed by atoms with Crippen molar-refractivity contribution in [3.05, 3.63) is 35.9 Å². The molecular weight excluding hydrogens is 288 g/mol. The van der Waals surface area contributed by atoms with E-state index in [1.54, 1.807) is 7.11 Å². The predicted octanol–water partition coefficient (Wildman–Crippen LogP) is 6.25. The number of rotatable bonds is 10. The topological polar surface area (TPSA) is 18.5 Å². The molecule has 0 spiro atoms. The zero-order chi connectivity index (χ0) is 16.4. The number of allylic oxidation sites excluding steroid dienone is 1. The molecule has 0 radical (unpaired) electrons. The number of unbranched alkanes of at least 4 members (excludes halogenated alkanes) is 5. The first-order valence-corrected chi connectivity index (χ1v) is 11.9. The van der Waals surface area contributed by atoms with E-state index in [1.807, 2.05) is 12.1 Å². The van der Waals surface area contributed by atoms with Gasteiger partial charge in [-0.25, -0.2) is 0 Å². The Bertz CT molecular complexity index is 443. The van der Waals surface area contributed by atoms with Gasteiger partial charge in [-0.3, -0.25) is 0 Å². The van der Waals surface area contributed by atoms with Crippen LogP contribution in [-0.2, 0) is 4.43 Å². The van der Waals surface area contributed by atoms with Crippen LogP contribution in [0.4, 0.5) is 0 Å². The first-order chi connectivity index (χ1) is 10.5. The number of benzene rings is 1. The predicted molar refractivity (Wildman–Crippen MR) is 98.8 cm³/mol. The van der Waals surface area contributed by atoms with Crippen molar-refractivity contribution in [3.63, 3.8) is 0 Å². The Morgan fingerprint density at radius 3 is 2.18 bits per heavy atom. The highest BCUT2D eigenvalue weighted by Gasteiger charge is 2.18. The second-order valence-electron chi connectivity index (χ2n) is 6.71. The molecule has 124 valence electrons. The van der Waals surface area contributed by atoms with Gasteiger partial charge in [0.15, 0.2) is 0 Å². The summed E-state index contributed by atoms with van der Waals surface area (Å²) in [6, 6.07) is 8.17. The van der Waals surface area contributed by atoms with Crippen molar-refractivity contribution in [2.24, 2.45) is 0 Å². The molecule has 0 unspecified atom stereocenters. The molecule has 0 aliphatic carbocycles. The Balaban J connectivity index is 2.70. The summed E-state index contributed by atoms with van der Waals surface area (Å²) in [6.45, 7) is 8.94. The van der Waals surface area contributed by atoms with Gasteiger partial charge in [-0.2, -0.15) is 0 Å². The number of hydrogen-bond donors (Lipinski definition) is 0. The van der Waals surface area contributed by atoms with Gasteiger partial charge in [0.2, 0.25) is 8.32 Å². The van der Waals surface area contributed by atoms with Crippen molar-refractivity contribution in [2.45, 2.75) is 65.1 Å². The molecule has 1 aromatic rings. The van der Waals surface area contributed by atoms with Gasteiger partial charge in [-0.05, 0) is 62.8 Å². The summed E-state index contributed by atoms with van der Waals surface area (Å²) in [4.78, 5) is 0. The Labute approximate surface area is 137 Å². The van der Waals surface area contributed by atoms with Crippen molar-refractivity contribution in [3.8, 4) is 5.75 Å². The molecular formula is C19H32O2Si. The van der Waals surface area contributed by atoms with E-state index in [-0.39, 0.29) is 0 Å². The van der Waals surface area contributed by atoms with Gasteiger partial charge >= 0.3 is 0 Å². The van der Waals surface area contributed by atoms with Crippen LogP contribution in [0.5, 0.6) is 5.75 Å². The van der Waals surface area contributed by atoms with Crippen LogP contribution in [0.2, 0.25) is 19.6 Å². The highest BCUT2D eigenvalue weighted by molar-refractivity contribution is 6.70. The zero-order valence-electron chi connectivity index (χ0n) is 14.9. The smallest absolute Gasteiger partial charge is 0.242 e. The number of ether oxygens (including phenoxy) is 1. The maximum absolute atomic E-state index is 6.28. The van der Waals surface area contributed by atoms with E-state index in [4.69, 9.17) is 9.16 Å². The van der Waals surface area contributed by atoms with Crippen LogP contribution in [0.3, 0.4) is 0 Å². The Kier molecular flexibility index (Phi) is 8.32. The van der Waals surface area contributed by atoms with Crippen LogP contribution < -0.4 is 4.74 Å². The van der Waals surface area contributed by atoms with Crippen molar-refractivity contribution in [2.75, 3.05) is 7.11 Å². The lowest BCUT2D eigenvalue weighted by atomic mass is 10.1. The minimum absolute atomic E-state index is 0.885. The minimum Gasteiger partial charge on any atom is -0.544 e. The van der Waals surface area contributed by atoms with Crippen LogP contribution in [0.1, 0.15) is 51.0 Å². The average Bonchev–Trinajstić information content (AvgIpc) is 2.48. The summed E-state index contributed by atoms with van der Waals surface area (Å²) in [6.07, 6.45) is 9.91. The summed E-state index contributed by atoms with van der Waals surface area (Å²) < 4.78 is 11.5. The average molecular weight is 321 g/mol. The summed E-state index contributed by atoms with van der Waals surface area (Å²) in [5.41, 5.74) is 1.15. The summed E-state index contributed by atoms with van der Waals surface area (Å²) in [5.74, 6) is 1.92. The van der Waals surface area contributed by atoms with Gasteiger partial charge in [0, 0.05) is 5.56 Å². The molecule has 3 heteroatoms. The lowest BCUT2D eigenvalue weighted by molar-refractivity contribution is 0.414. The third kappa shape index (κ3) is 7.69. The Morgan fingerprint density at radius 1 is 1.00 bits per heavy atom. The normalized spacial score (nSPS) is 12.3. The molecule has 2 nitrogen and oxygen atoms in total. The maximum atomic E-state index is 6.28. The standard InChI is InChI=1S/C19H32O2Si/c1-6-7-8-9-10-11-12-19(21-22(3,4)5)17-13-15-18(20-2)16-14-17/h12-16H,6-11H2,1-5H3/b19-12-. The molecule has 0 saturated heterocycles. The fourth-order valence-electron chi connectivity index (χ4n) is 2.28. The van der Waals surface area contributed by atoms with Crippen molar-refractivity contribution in [1.82, 2.24) is 0 Å². The van der Waals surface area contributed by atoms with Gasteiger partial charge in [-0.1, -0.05) is 32.6 Å². The molecule has 0 aliphatic rings. The highest BCUT2D eigenvalue weighted by atomic mass is 28.4. The fourth-order valence-corrected chi connectivity index (χ4v) is 3.15. The molecule has 1 aromatic carbocycles. The fraction of sp³-hybridized carbons (Fsp3) is 0.579. The van der Waals surface area contributed by atoms with E-state index >= 15 is 0 Å². The number of methoxy groups -OCH3 is 1. The van der Waals surface area contributed by atoms with Gasteiger partial charge in [0.05, 0.1) is 7.11 Å². The molecule has 0 atom stereocenters. The van der Waals surface area contributed by atoms with Crippen LogP contribution in [0.25, 0.3) is 5.76 Å². The van der Waals surface area contributed by atoms with Gasteiger partial charge in [-0.15, -0.1) is 0 Å². The lowest BCUT2D eigenvalue weighted by Crippen LogP contribution is -2.24. The van der Waals surface area contributed by atoms with E-state index in [9.17, 15) is 0 Å². The largest absolute Gasteiger partial charge is 0.544 e. The molecule has 0 amide bonds. The monoisotopic (exact) mass is 320 g/mol. The van der Waals surface area contributed by atoms with Crippen molar-refractivity contribution in [1.29, 1.82) is 0 Å². The molecule has 0 N–H and O–H groups in total. The van der Waals surface area contributed by atoms with E-state index in [0.29, 0.717) is 0 Å². The van der Waals surface area contributed by atoms with Crippen LogP contribution in [-0.4, -0.2) is 15.4 Å².